The molecule has 0 spiro atoms. The lowest BCUT2D eigenvalue weighted by Gasteiger charge is -2.19. The van der Waals surface area contributed by atoms with Crippen molar-refractivity contribution in [3.05, 3.63) is 59.4 Å². The van der Waals surface area contributed by atoms with Gasteiger partial charge in [-0.2, -0.15) is 0 Å². The molecule has 0 radical (unpaired) electrons. The standard InChI is InChI=1S/C18H22N2O2/c1-4-16(22-17-10-7-8-13(2)14(17)3)18(21)20-12-15-9-5-6-11-19-15/h5-11,16H,4,12H2,1-3H3,(H,20,21)/t16-/m0/s1. The van der Waals surface area contributed by atoms with Crippen LogP contribution in [0.4, 0.5) is 0 Å². The van der Waals surface area contributed by atoms with Crippen molar-refractivity contribution in [1.82, 2.24) is 10.3 Å². The van der Waals surface area contributed by atoms with Crippen LogP contribution in [-0.4, -0.2) is 17.0 Å². The molecule has 116 valence electrons. The van der Waals surface area contributed by atoms with Crippen molar-refractivity contribution in [2.75, 3.05) is 0 Å². The summed E-state index contributed by atoms with van der Waals surface area (Å²) in [7, 11) is 0. The summed E-state index contributed by atoms with van der Waals surface area (Å²) in [6, 6.07) is 11.5. The fourth-order valence-electron chi connectivity index (χ4n) is 2.12. The number of nitrogens with zero attached hydrogens (tertiary/aromatic N) is 1. The summed E-state index contributed by atoms with van der Waals surface area (Å²) in [5, 5.41) is 2.88. The van der Waals surface area contributed by atoms with Gasteiger partial charge in [-0.15, -0.1) is 0 Å². The highest BCUT2D eigenvalue weighted by molar-refractivity contribution is 5.81. The highest BCUT2D eigenvalue weighted by atomic mass is 16.5. The first-order valence-electron chi connectivity index (χ1n) is 7.52. The van der Waals surface area contributed by atoms with Gasteiger partial charge in [0.15, 0.2) is 6.10 Å². The van der Waals surface area contributed by atoms with Crippen molar-refractivity contribution < 1.29 is 9.53 Å². The summed E-state index contributed by atoms with van der Waals surface area (Å²) >= 11 is 0. The first-order chi connectivity index (χ1) is 10.6. The Balaban J connectivity index is 1.98. The quantitative estimate of drug-likeness (QED) is 0.891. The summed E-state index contributed by atoms with van der Waals surface area (Å²) in [4.78, 5) is 16.5. The van der Waals surface area contributed by atoms with Gasteiger partial charge in [0, 0.05) is 6.20 Å². The van der Waals surface area contributed by atoms with Crippen LogP contribution in [-0.2, 0) is 11.3 Å². The molecule has 0 aliphatic carbocycles. The van der Waals surface area contributed by atoms with E-state index in [9.17, 15) is 4.79 Å². The third-order valence-corrected chi connectivity index (χ3v) is 3.66. The van der Waals surface area contributed by atoms with Crippen molar-refractivity contribution in [1.29, 1.82) is 0 Å². The van der Waals surface area contributed by atoms with E-state index in [1.807, 2.05) is 57.2 Å². The summed E-state index contributed by atoms with van der Waals surface area (Å²) in [6.07, 6.45) is 1.83. The first-order valence-corrected chi connectivity index (χ1v) is 7.52. The molecule has 1 heterocycles. The Morgan fingerprint density at radius 1 is 1.23 bits per heavy atom. The largest absolute Gasteiger partial charge is 0.480 e. The third-order valence-electron chi connectivity index (χ3n) is 3.66. The van der Waals surface area contributed by atoms with Gasteiger partial charge in [0.05, 0.1) is 12.2 Å². The van der Waals surface area contributed by atoms with Crippen LogP contribution in [0.3, 0.4) is 0 Å². The Labute approximate surface area is 131 Å². The van der Waals surface area contributed by atoms with Crippen LogP contribution in [0.15, 0.2) is 42.6 Å². The third kappa shape index (κ3) is 4.07. The maximum Gasteiger partial charge on any atom is 0.261 e. The number of rotatable bonds is 6. The minimum Gasteiger partial charge on any atom is -0.480 e. The summed E-state index contributed by atoms with van der Waals surface area (Å²) in [5.74, 6) is 0.647. The molecule has 1 N–H and O–H groups in total. The second-order valence-corrected chi connectivity index (χ2v) is 5.25. The zero-order valence-corrected chi connectivity index (χ0v) is 13.3. The zero-order chi connectivity index (χ0) is 15.9. The van der Waals surface area contributed by atoms with Gasteiger partial charge in [-0.25, -0.2) is 0 Å². The molecule has 22 heavy (non-hydrogen) atoms. The van der Waals surface area contributed by atoms with Crippen molar-refractivity contribution in [3.63, 3.8) is 0 Å². The van der Waals surface area contributed by atoms with Gasteiger partial charge in [0.1, 0.15) is 5.75 Å². The van der Waals surface area contributed by atoms with Gasteiger partial charge in [-0.05, 0) is 49.6 Å². The Morgan fingerprint density at radius 3 is 2.73 bits per heavy atom. The number of carbonyl (C=O) groups excluding carboxylic acids is 1. The Hall–Kier alpha value is -2.36. The summed E-state index contributed by atoms with van der Waals surface area (Å²) in [6.45, 7) is 6.38. The number of hydrogen-bond donors (Lipinski definition) is 1. The smallest absolute Gasteiger partial charge is 0.261 e. The van der Waals surface area contributed by atoms with E-state index < -0.39 is 6.10 Å². The first kappa shape index (κ1) is 16.0. The SMILES string of the molecule is CC[C@H](Oc1cccc(C)c1C)C(=O)NCc1ccccn1. The van der Waals surface area contributed by atoms with Crippen molar-refractivity contribution in [2.45, 2.75) is 39.8 Å². The average Bonchev–Trinajstić information content (AvgIpc) is 2.55. The molecule has 0 saturated heterocycles. The molecule has 4 nitrogen and oxygen atoms in total. The second-order valence-electron chi connectivity index (χ2n) is 5.25. The lowest BCUT2D eigenvalue weighted by atomic mass is 10.1. The molecule has 0 fully saturated rings. The lowest BCUT2D eigenvalue weighted by Crippen LogP contribution is -2.37. The van der Waals surface area contributed by atoms with Crippen LogP contribution in [0.2, 0.25) is 0 Å². The fourth-order valence-corrected chi connectivity index (χ4v) is 2.12. The van der Waals surface area contributed by atoms with E-state index in [2.05, 4.69) is 10.3 Å². The number of pyridine rings is 1. The van der Waals surface area contributed by atoms with E-state index in [0.717, 1.165) is 22.6 Å². The Bertz CT molecular complexity index is 626. The van der Waals surface area contributed by atoms with Crippen LogP contribution in [0.5, 0.6) is 5.75 Å². The summed E-state index contributed by atoms with van der Waals surface area (Å²) in [5.41, 5.74) is 3.05. The molecule has 1 atom stereocenters. The number of aromatic nitrogens is 1. The van der Waals surface area contributed by atoms with Gasteiger partial charge >= 0.3 is 0 Å². The molecule has 0 aliphatic rings. The van der Waals surface area contributed by atoms with E-state index in [0.29, 0.717) is 13.0 Å². The van der Waals surface area contributed by atoms with Crippen molar-refractivity contribution in [3.8, 4) is 5.75 Å². The molecule has 0 aliphatic heterocycles. The molecular weight excluding hydrogens is 276 g/mol. The van der Waals surface area contributed by atoms with Gasteiger partial charge in [0.2, 0.25) is 0 Å². The molecule has 4 heteroatoms. The Morgan fingerprint density at radius 2 is 2.05 bits per heavy atom. The molecule has 1 aromatic carbocycles. The van der Waals surface area contributed by atoms with Gasteiger partial charge < -0.3 is 10.1 Å². The van der Waals surface area contributed by atoms with Crippen LogP contribution in [0, 0.1) is 13.8 Å². The van der Waals surface area contributed by atoms with Gasteiger partial charge in [0.25, 0.3) is 5.91 Å². The highest BCUT2D eigenvalue weighted by Crippen LogP contribution is 2.22. The highest BCUT2D eigenvalue weighted by Gasteiger charge is 2.19. The molecule has 1 amide bonds. The minimum atomic E-state index is -0.496. The number of nitrogens with one attached hydrogen (secondary N) is 1. The summed E-state index contributed by atoms with van der Waals surface area (Å²) < 4.78 is 5.89. The van der Waals surface area contributed by atoms with Crippen LogP contribution in [0.1, 0.15) is 30.2 Å². The topological polar surface area (TPSA) is 51.2 Å². The Kier molecular flexibility index (Phi) is 5.53. The maximum atomic E-state index is 12.3. The van der Waals surface area contributed by atoms with Gasteiger partial charge in [-0.3, -0.25) is 9.78 Å². The van der Waals surface area contributed by atoms with E-state index in [4.69, 9.17) is 4.74 Å². The van der Waals surface area contributed by atoms with Gasteiger partial charge in [-0.1, -0.05) is 25.1 Å². The number of hydrogen-bond acceptors (Lipinski definition) is 3. The molecule has 0 bridgehead atoms. The van der Waals surface area contributed by atoms with E-state index >= 15 is 0 Å². The fraction of sp³-hybridized carbons (Fsp3) is 0.333. The van der Waals surface area contributed by atoms with Crippen LogP contribution in [0.25, 0.3) is 0 Å². The number of aryl methyl sites for hydroxylation is 1. The predicted octanol–water partition coefficient (Wildman–Crippen LogP) is 3.17. The second kappa shape index (κ2) is 7.59. The minimum absolute atomic E-state index is 0.117. The molecular formula is C18H22N2O2. The molecule has 2 rings (SSSR count). The molecule has 2 aromatic rings. The van der Waals surface area contributed by atoms with Crippen LogP contribution >= 0.6 is 0 Å². The van der Waals surface area contributed by atoms with Crippen LogP contribution < -0.4 is 10.1 Å². The molecule has 1 aromatic heterocycles. The normalized spacial score (nSPS) is 11.8. The van der Waals surface area contributed by atoms with Crippen molar-refractivity contribution in [2.24, 2.45) is 0 Å². The average molecular weight is 298 g/mol. The lowest BCUT2D eigenvalue weighted by molar-refractivity contribution is -0.128. The van der Waals surface area contributed by atoms with E-state index in [1.54, 1.807) is 6.20 Å². The van der Waals surface area contributed by atoms with E-state index in [1.165, 1.54) is 0 Å². The zero-order valence-electron chi connectivity index (χ0n) is 13.3. The number of benzene rings is 1. The number of carbonyl (C=O) groups is 1. The maximum absolute atomic E-state index is 12.3. The number of amides is 1. The molecule has 0 saturated carbocycles. The van der Waals surface area contributed by atoms with E-state index in [-0.39, 0.29) is 5.91 Å². The predicted molar refractivity (Wildman–Crippen MR) is 86.7 cm³/mol. The number of ether oxygens (including phenoxy) is 1. The monoisotopic (exact) mass is 298 g/mol. The molecule has 0 unspecified atom stereocenters. The van der Waals surface area contributed by atoms with Crippen molar-refractivity contribution >= 4 is 5.91 Å².